The summed E-state index contributed by atoms with van der Waals surface area (Å²) in [6.45, 7) is 3.75. The molecule has 0 amide bonds. The fourth-order valence-corrected chi connectivity index (χ4v) is 11.5. The van der Waals surface area contributed by atoms with Gasteiger partial charge >= 0.3 is 5.97 Å². The highest BCUT2D eigenvalue weighted by atomic mass is 16.7. The van der Waals surface area contributed by atoms with Crippen molar-refractivity contribution in [3.63, 3.8) is 0 Å². The molecule has 13 heteroatoms. The van der Waals surface area contributed by atoms with E-state index in [1.54, 1.807) is 20.1 Å². The van der Waals surface area contributed by atoms with Crippen molar-refractivity contribution in [2.45, 2.75) is 145 Å². The number of carbonyl (C=O) groups excluding carboxylic acids is 2. The van der Waals surface area contributed by atoms with Gasteiger partial charge in [-0.3, -0.25) is 0 Å². The summed E-state index contributed by atoms with van der Waals surface area (Å²) in [5.74, 6) is 0.0740. The molecule has 3 heterocycles. The molecule has 0 spiro atoms. The van der Waals surface area contributed by atoms with Gasteiger partial charge < -0.3 is 58.7 Å². The third-order valence-corrected chi connectivity index (χ3v) is 14.1. The van der Waals surface area contributed by atoms with E-state index in [0.717, 1.165) is 44.1 Å². The summed E-state index contributed by atoms with van der Waals surface area (Å²) in [6, 6.07) is 0. The van der Waals surface area contributed by atoms with Gasteiger partial charge in [0.2, 0.25) is 0 Å². The number of esters is 1. The minimum Gasteiger partial charge on any atom is -0.458 e. The van der Waals surface area contributed by atoms with Crippen LogP contribution in [0.2, 0.25) is 0 Å². The van der Waals surface area contributed by atoms with Gasteiger partial charge in [0.25, 0.3) is 0 Å². The van der Waals surface area contributed by atoms with Crippen molar-refractivity contribution in [2.24, 2.45) is 34.5 Å². The van der Waals surface area contributed by atoms with Crippen LogP contribution in [0.25, 0.3) is 0 Å². The first kappa shape index (κ1) is 35.9. The Kier molecular flexibility index (Phi) is 9.86. The number of hydrogen-bond donors (Lipinski definition) is 5. The number of ether oxygens (including phenoxy) is 6. The maximum absolute atomic E-state index is 13.2. The van der Waals surface area contributed by atoms with Crippen molar-refractivity contribution >= 4 is 12.3 Å². The van der Waals surface area contributed by atoms with E-state index in [9.17, 15) is 35.1 Å². The molecule has 0 aromatic heterocycles. The second kappa shape index (κ2) is 13.5. The molecule has 0 radical (unpaired) electrons. The molecule has 4 aliphatic carbocycles. The van der Waals surface area contributed by atoms with Gasteiger partial charge in [-0.2, -0.15) is 0 Å². The Labute approximate surface area is 287 Å². The summed E-state index contributed by atoms with van der Waals surface area (Å²) in [4.78, 5) is 25.1. The number of methoxy groups -OCH3 is 1. The van der Waals surface area contributed by atoms with Crippen molar-refractivity contribution in [3.8, 4) is 0 Å². The molecule has 2 saturated heterocycles. The Morgan fingerprint density at radius 1 is 0.959 bits per heavy atom. The van der Waals surface area contributed by atoms with Crippen LogP contribution in [-0.2, 0) is 38.0 Å². The Balaban J connectivity index is 0.990. The molecule has 4 saturated carbocycles. The number of cyclic esters (lactones) is 1. The van der Waals surface area contributed by atoms with E-state index in [2.05, 4.69) is 6.92 Å². The highest BCUT2D eigenvalue weighted by molar-refractivity contribution is 5.85. The third-order valence-electron chi connectivity index (χ3n) is 14.1. The maximum Gasteiger partial charge on any atom is 0.331 e. The molecule has 17 atom stereocenters. The van der Waals surface area contributed by atoms with Crippen LogP contribution in [0.5, 0.6) is 0 Å². The average molecular weight is 695 g/mol. The van der Waals surface area contributed by atoms with Gasteiger partial charge in [0.1, 0.15) is 43.4 Å². The summed E-state index contributed by atoms with van der Waals surface area (Å²) in [5, 5.41) is 52.9. The lowest BCUT2D eigenvalue weighted by Gasteiger charge is -2.63. The highest BCUT2D eigenvalue weighted by Crippen LogP contribution is 2.69. The van der Waals surface area contributed by atoms with Gasteiger partial charge in [-0.15, -0.1) is 0 Å². The van der Waals surface area contributed by atoms with E-state index in [4.69, 9.17) is 28.4 Å². The van der Waals surface area contributed by atoms with Crippen LogP contribution in [-0.4, -0.2) is 125 Å². The fourth-order valence-electron chi connectivity index (χ4n) is 11.5. The van der Waals surface area contributed by atoms with E-state index >= 15 is 0 Å². The monoisotopic (exact) mass is 694 g/mol. The average Bonchev–Trinajstić information content (AvgIpc) is 3.64. The molecule has 7 aliphatic rings. The zero-order valence-electron chi connectivity index (χ0n) is 28.7. The zero-order chi connectivity index (χ0) is 34.9. The van der Waals surface area contributed by atoms with Gasteiger partial charge in [0, 0.05) is 30.4 Å². The van der Waals surface area contributed by atoms with Gasteiger partial charge in [0.15, 0.2) is 12.6 Å². The van der Waals surface area contributed by atoms with Crippen LogP contribution in [0.15, 0.2) is 11.6 Å². The molecular formula is C36H54O13. The number of aldehydes is 1. The van der Waals surface area contributed by atoms with Crippen LogP contribution in [0.1, 0.15) is 78.1 Å². The van der Waals surface area contributed by atoms with Crippen molar-refractivity contribution in [1.82, 2.24) is 0 Å². The molecule has 49 heavy (non-hydrogen) atoms. The van der Waals surface area contributed by atoms with Gasteiger partial charge in [0.05, 0.1) is 30.5 Å². The highest BCUT2D eigenvalue weighted by Gasteiger charge is 2.68. The lowest BCUT2D eigenvalue weighted by Crippen LogP contribution is -2.63. The SMILES string of the molecule is CO[C@H]1C[C@@H](O[C@H]2CC[C@@]3(C=O)[C@@H](CC[C@H]4[C@H]3CC[C@@]3(C)[C@H](C5=CC(=O)OC5)CC[C@]43O)C2)O[C@H](C)[C@@H]1O[C@H]1O[C@@H](CO)[C@H](O)[C@@H](O)[C@@H]1O. The second-order valence-electron chi connectivity index (χ2n) is 16.1. The lowest BCUT2D eigenvalue weighted by molar-refractivity contribution is -0.345. The van der Waals surface area contributed by atoms with Crippen LogP contribution in [0.3, 0.4) is 0 Å². The van der Waals surface area contributed by atoms with Gasteiger partial charge in [-0.05, 0) is 94.0 Å². The first-order valence-electron chi connectivity index (χ1n) is 18.2. The largest absolute Gasteiger partial charge is 0.458 e. The quantitative estimate of drug-likeness (QED) is 0.138. The molecule has 276 valence electrons. The molecule has 0 aromatic rings. The summed E-state index contributed by atoms with van der Waals surface area (Å²) in [6.07, 6.45) is 0.732. The van der Waals surface area contributed by atoms with Gasteiger partial charge in [-0.1, -0.05) is 6.92 Å². The van der Waals surface area contributed by atoms with Crippen LogP contribution in [0.4, 0.5) is 0 Å². The minimum absolute atomic E-state index is 0.0272. The fraction of sp³-hybridized carbons (Fsp3) is 0.889. The number of rotatable bonds is 8. The summed E-state index contributed by atoms with van der Waals surface area (Å²) < 4.78 is 35.4. The predicted molar refractivity (Wildman–Crippen MR) is 169 cm³/mol. The Bertz CT molecular complexity index is 1280. The van der Waals surface area contributed by atoms with Crippen LogP contribution in [0, 0.1) is 34.5 Å². The van der Waals surface area contributed by atoms with Gasteiger partial charge in [-0.25, -0.2) is 4.79 Å². The molecule has 7 rings (SSSR count). The molecule has 0 unspecified atom stereocenters. The number of carbonyl (C=O) groups is 2. The van der Waals surface area contributed by atoms with E-state index in [1.807, 2.05) is 0 Å². The van der Waals surface area contributed by atoms with E-state index in [1.165, 1.54) is 6.29 Å². The van der Waals surface area contributed by atoms with Crippen molar-refractivity contribution in [2.75, 3.05) is 20.3 Å². The number of aliphatic hydroxyl groups is 5. The summed E-state index contributed by atoms with van der Waals surface area (Å²) >= 11 is 0. The first-order valence-corrected chi connectivity index (χ1v) is 18.2. The van der Waals surface area contributed by atoms with E-state index in [0.29, 0.717) is 32.3 Å². The molecule has 13 nitrogen and oxygen atoms in total. The van der Waals surface area contributed by atoms with E-state index in [-0.39, 0.29) is 41.2 Å². The maximum atomic E-state index is 13.2. The van der Waals surface area contributed by atoms with Crippen LogP contribution < -0.4 is 0 Å². The second-order valence-corrected chi connectivity index (χ2v) is 16.1. The number of fused-ring (bicyclic) bond motifs is 5. The lowest BCUT2D eigenvalue weighted by atomic mass is 9.43. The first-order chi connectivity index (χ1) is 23.4. The summed E-state index contributed by atoms with van der Waals surface area (Å²) in [7, 11) is 1.55. The van der Waals surface area contributed by atoms with E-state index < -0.39 is 72.9 Å². The summed E-state index contributed by atoms with van der Waals surface area (Å²) in [5.41, 5.74) is -0.761. The molecule has 3 aliphatic heterocycles. The van der Waals surface area contributed by atoms with Crippen molar-refractivity contribution in [3.05, 3.63) is 11.6 Å². The standard InChI is InChI=1S/C36H54O13/c1-18-32(49-33-31(42)30(41)29(40)26(15-37)48-33)25(44-3)14-28(46-18)47-21-6-10-35(17-38)20(13-21)4-5-24-23(35)7-9-34(2)22(8-11-36(24,34)43)19-12-27(39)45-16-19/h12,17-18,20-26,28-33,37,40-43H,4-11,13-16H2,1-3H3/t18-,20+,21+,22+,23-,24+,25+,26+,28-,29+,30-,31+,32+,33-,34+,35-,36+/m1/s1. The van der Waals surface area contributed by atoms with Crippen molar-refractivity contribution < 1.29 is 63.5 Å². The molecule has 0 bridgehead atoms. The Morgan fingerprint density at radius 3 is 2.45 bits per heavy atom. The number of hydrogen-bond acceptors (Lipinski definition) is 13. The normalized spacial score (nSPS) is 52.8. The smallest absolute Gasteiger partial charge is 0.331 e. The molecule has 5 N–H and O–H groups in total. The van der Waals surface area contributed by atoms with Crippen molar-refractivity contribution in [1.29, 1.82) is 0 Å². The topological polar surface area (TPSA) is 191 Å². The molecular weight excluding hydrogens is 640 g/mol. The van der Waals surface area contributed by atoms with Crippen LogP contribution >= 0.6 is 0 Å². The zero-order valence-corrected chi connectivity index (χ0v) is 28.7. The molecule has 0 aromatic carbocycles. The third kappa shape index (κ3) is 5.75. The predicted octanol–water partition coefficient (Wildman–Crippen LogP) is 1.14. The Hall–Kier alpha value is -1.52. The molecule has 6 fully saturated rings. The Morgan fingerprint density at radius 2 is 1.76 bits per heavy atom. The minimum atomic E-state index is -1.56. The number of aliphatic hydroxyl groups excluding tert-OH is 4.